The first-order valence-electron chi connectivity index (χ1n) is 6.21. The Kier molecular flexibility index (Phi) is 6.98. The summed E-state index contributed by atoms with van der Waals surface area (Å²) in [7, 11) is 1.43. The number of carboxylic acid groups (broad SMARTS) is 2. The number of nitrogens with one attached hydrogen (secondary N) is 1. The number of hydrogen-bond donors (Lipinski definition) is 4. The normalized spacial score (nSPS) is 12.6. The fraction of sp³-hybridized carbons (Fsp3) is 0.750. The van der Waals surface area contributed by atoms with E-state index < -0.39 is 29.6 Å². The van der Waals surface area contributed by atoms with Gasteiger partial charge in [-0.15, -0.1) is 0 Å². The average molecular weight is 290 g/mol. The first kappa shape index (κ1) is 18.2. The van der Waals surface area contributed by atoms with Crippen molar-refractivity contribution in [2.24, 2.45) is 0 Å². The van der Waals surface area contributed by atoms with E-state index in [4.69, 9.17) is 10.2 Å². The first-order chi connectivity index (χ1) is 9.03. The largest absolute Gasteiger partial charge is 0.481 e. The molecule has 0 aliphatic rings. The number of hydrogen-bond acceptors (Lipinski definition) is 4. The zero-order chi connectivity index (χ0) is 15.9. The van der Waals surface area contributed by atoms with Crippen molar-refractivity contribution in [2.45, 2.75) is 44.8 Å². The van der Waals surface area contributed by atoms with Gasteiger partial charge < -0.3 is 25.5 Å². The Balaban J connectivity index is 4.40. The van der Waals surface area contributed by atoms with E-state index in [1.165, 1.54) is 25.8 Å². The Morgan fingerprint density at radius 1 is 1.25 bits per heavy atom. The van der Waals surface area contributed by atoms with Crippen LogP contribution in [0.2, 0.25) is 0 Å². The number of aliphatic carboxylic acids is 2. The smallest absolute Gasteiger partial charge is 0.326 e. The van der Waals surface area contributed by atoms with Gasteiger partial charge in [0.1, 0.15) is 6.04 Å². The molecule has 0 heterocycles. The van der Waals surface area contributed by atoms with Crippen molar-refractivity contribution in [2.75, 3.05) is 13.6 Å². The summed E-state index contributed by atoms with van der Waals surface area (Å²) in [6.45, 7) is 3.09. The lowest BCUT2D eigenvalue weighted by atomic mass is 10.1. The van der Waals surface area contributed by atoms with Crippen LogP contribution in [-0.4, -0.2) is 63.4 Å². The van der Waals surface area contributed by atoms with Crippen LogP contribution < -0.4 is 5.32 Å². The predicted molar refractivity (Wildman–Crippen MR) is 70.4 cm³/mol. The summed E-state index contributed by atoms with van der Waals surface area (Å²) < 4.78 is 0. The topological polar surface area (TPSA) is 127 Å². The number of likely N-dealkylation sites (N-methyl/N-ethyl adjacent to an activating group) is 1. The first-order valence-corrected chi connectivity index (χ1v) is 6.21. The van der Waals surface area contributed by atoms with E-state index >= 15 is 0 Å². The highest BCUT2D eigenvalue weighted by atomic mass is 16.4. The summed E-state index contributed by atoms with van der Waals surface area (Å²) in [5.74, 6) is -2.24. The molecule has 0 aromatic rings. The van der Waals surface area contributed by atoms with E-state index in [0.717, 1.165) is 0 Å². The molecule has 0 aliphatic carbocycles. The van der Waals surface area contributed by atoms with E-state index in [9.17, 15) is 19.5 Å². The number of urea groups is 1. The van der Waals surface area contributed by atoms with Crippen LogP contribution in [0.4, 0.5) is 4.79 Å². The lowest BCUT2D eigenvalue weighted by Gasteiger charge is -2.27. The van der Waals surface area contributed by atoms with E-state index in [2.05, 4.69) is 5.32 Å². The second-order valence-corrected chi connectivity index (χ2v) is 5.29. The lowest BCUT2D eigenvalue weighted by molar-refractivity contribution is -0.140. The van der Waals surface area contributed by atoms with Gasteiger partial charge in [-0.3, -0.25) is 4.79 Å². The molecular weight excluding hydrogens is 268 g/mol. The molecule has 2 amide bonds. The fourth-order valence-corrected chi connectivity index (χ4v) is 1.63. The molecular formula is C12H22N2O6. The molecule has 1 atom stereocenters. The molecule has 0 rings (SSSR count). The maximum absolute atomic E-state index is 11.8. The number of carbonyl (C=O) groups excluding carboxylic acids is 1. The average Bonchev–Trinajstić information content (AvgIpc) is 2.24. The number of rotatable bonds is 8. The molecule has 8 heteroatoms. The maximum Gasteiger partial charge on any atom is 0.326 e. The van der Waals surface area contributed by atoms with Crippen molar-refractivity contribution in [3.05, 3.63) is 0 Å². The molecule has 0 saturated heterocycles. The Hall–Kier alpha value is -1.83. The molecule has 0 aromatic carbocycles. The van der Waals surface area contributed by atoms with Gasteiger partial charge in [0.25, 0.3) is 0 Å². The van der Waals surface area contributed by atoms with Crippen molar-refractivity contribution < 1.29 is 29.7 Å². The van der Waals surface area contributed by atoms with Gasteiger partial charge in [-0.2, -0.15) is 0 Å². The minimum atomic E-state index is -1.22. The Morgan fingerprint density at radius 2 is 1.80 bits per heavy atom. The summed E-state index contributed by atoms with van der Waals surface area (Å²) in [4.78, 5) is 34.3. The maximum atomic E-state index is 11.8. The summed E-state index contributed by atoms with van der Waals surface area (Å²) in [6, 6.07) is -1.78. The van der Waals surface area contributed by atoms with Crippen LogP contribution in [0.25, 0.3) is 0 Å². The van der Waals surface area contributed by atoms with Crippen molar-refractivity contribution in [3.63, 3.8) is 0 Å². The highest BCUT2D eigenvalue weighted by molar-refractivity contribution is 5.82. The van der Waals surface area contributed by atoms with Gasteiger partial charge in [-0.1, -0.05) is 0 Å². The van der Waals surface area contributed by atoms with E-state index in [1.54, 1.807) is 0 Å². The Labute approximate surface area is 117 Å². The molecule has 4 N–H and O–H groups in total. The van der Waals surface area contributed by atoms with E-state index in [1.807, 2.05) is 0 Å². The summed E-state index contributed by atoms with van der Waals surface area (Å²) >= 11 is 0. The summed E-state index contributed by atoms with van der Waals surface area (Å²) in [5.41, 5.74) is -1.09. The van der Waals surface area contributed by atoms with Crippen molar-refractivity contribution in [3.8, 4) is 0 Å². The number of aliphatic hydroxyl groups is 1. The molecule has 20 heavy (non-hydrogen) atoms. The third-order valence-electron chi connectivity index (χ3n) is 2.45. The van der Waals surface area contributed by atoms with Crippen LogP contribution in [0.3, 0.4) is 0 Å². The van der Waals surface area contributed by atoms with Crippen LogP contribution >= 0.6 is 0 Å². The Bertz CT molecular complexity index is 363. The van der Waals surface area contributed by atoms with Gasteiger partial charge in [0.05, 0.1) is 12.1 Å². The van der Waals surface area contributed by atoms with E-state index in [0.29, 0.717) is 0 Å². The fourth-order valence-electron chi connectivity index (χ4n) is 1.63. The zero-order valence-corrected chi connectivity index (χ0v) is 11.9. The zero-order valence-electron chi connectivity index (χ0n) is 11.9. The number of carboxylic acids is 2. The van der Waals surface area contributed by atoms with Gasteiger partial charge in [-0.05, 0) is 26.7 Å². The highest BCUT2D eigenvalue weighted by Gasteiger charge is 2.24. The number of nitrogens with zero attached hydrogens (tertiary/aromatic N) is 1. The Morgan fingerprint density at radius 3 is 2.20 bits per heavy atom. The molecule has 0 fully saturated rings. The summed E-state index contributed by atoms with van der Waals surface area (Å²) in [5, 5.41) is 29.3. The molecule has 0 aromatic heterocycles. The quantitative estimate of drug-likeness (QED) is 0.502. The van der Waals surface area contributed by atoms with Gasteiger partial charge >= 0.3 is 18.0 Å². The highest BCUT2D eigenvalue weighted by Crippen LogP contribution is 2.05. The number of amides is 2. The van der Waals surface area contributed by atoms with Gasteiger partial charge in [-0.25, -0.2) is 9.59 Å². The van der Waals surface area contributed by atoms with Crippen LogP contribution in [0.5, 0.6) is 0 Å². The van der Waals surface area contributed by atoms with Gasteiger partial charge in [0, 0.05) is 13.5 Å². The lowest BCUT2D eigenvalue weighted by Crippen LogP contribution is -2.49. The predicted octanol–water partition coefficient (Wildman–Crippen LogP) is 0.107. The molecule has 116 valence electrons. The SMILES string of the molecule is CN(CC(C)(C)O)C(=O)N[C@H](CCCC(=O)O)C(=O)O. The van der Waals surface area contributed by atoms with Crippen molar-refractivity contribution in [1.29, 1.82) is 0 Å². The molecule has 8 nitrogen and oxygen atoms in total. The second kappa shape index (κ2) is 7.68. The third-order valence-corrected chi connectivity index (χ3v) is 2.45. The van der Waals surface area contributed by atoms with Crippen molar-refractivity contribution >= 4 is 18.0 Å². The molecule has 0 aliphatic heterocycles. The standard InChI is InChI=1S/C12H22N2O6/c1-12(2,20)7-14(3)11(19)13-8(10(17)18)5-4-6-9(15)16/h8,20H,4-7H2,1-3H3,(H,13,19)(H,15,16)(H,17,18)/t8-/m1/s1. The van der Waals surface area contributed by atoms with Crippen LogP contribution in [0.1, 0.15) is 33.1 Å². The molecule has 0 spiro atoms. The van der Waals surface area contributed by atoms with E-state index in [-0.39, 0.29) is 25.8 Å². The second-order valence-electron chi connectivity index (χ2n) is 5.29. The minimum absolute atomic E-state index is 0.0315. The molecule has 0 saturated carbocycles. The van der Waals surface area contributed by atoms with Gasteiger partial charge in [0.15, 0.2) is 0 Å². The molecule has 0 unspecified atom stereocenters. The van der Waals surface area contributed by atoms with Crippen LogP contribution in [-0.2, 0) is 9.59 Å². The number of carbonyl (C=O) groups is 3. The minimum Gasteiger partial charge on any atom is -0.481 e. The molecule has 0 bridgehead atoms. The summed E-state index contributed by atoms with van der Waals surface area (Å²) in [6.07, 6.45) is 0.0324. The van der Waals surface area contributed by atoms with Gasteiger partial charge in [0.2, 0.25) is 0 Å². The van der Waals surface area contributed by atoms with Crippen molar-refractivity contribution in [1.82, 2.24) is 10.2 Å². The third kappa shape index (κ3) is 8.30. The van der Waals surface area contributed by atoms with Crippen LogP contribution in [0.15, 0.2) is 0 Å². The monoisotopic (exact) mass is 290 g/mol. The van der Waals surface area contributed by atoms with Crippen LogP contribution in [0, 0.1) is 0 Å². The molecule has 0 radical (unpaired) electrons.